The number of nitrogens with zero attached hydrogens (tertiary/aromatic N) is 2. The Morgan fingerprint density at radius 1 is 1.14 bits per heavy atom. The summed E-state index contributed by atoms with van der Waals surface area (Å²) in [6.45, 7) is 2.47. The van der Waals surface area contributed by atoms with Gasteiger partial charge < -0.3 is 25.4 Å². The van der Waals surface area contributed by atoms with Crippen LogP contribution in [0.25, 0.3) is 0 Å². The first-order valence-corrected chi connectivity index (χ1v) is 12.0. The van der Waals surface area contributed by atoms with Gasteiger partial charge in [0.25, 0.3) is 0 Å². The van der Waals surface area contributed by atoms with Crippen LogP contribution in [-0.4, -0.2) is 46.2 Å². The molecule has 35 heavy (non-hydrogen) atoms. The van der Waals surface area contributed by atoms with Crippen LogP contribution in [0.15, 0.2) is 54.7 Å². The van der Waals surface area contributed by atoms with Gasteiger partial charge in [-0.05, 0) is 42.7 Å². The number of urea groups is 1. The Balaban J connectivity index is 1.32. The van der Waals surface area contributed by atoms with Crippen molar-refractivity contribution < 1.29 is 24.2 Å². The number of thiazole rings is 1. The normalized spacial score (nSPS) is 15.1. The average Bonchev–Trinajstić information content (AvgIpc) is 3.50. The summed E-state index contributed by atoms with van der Waals surface area (Å²) in [5, 5.41) is 15.2. The summed E-state index contributed by atoms with van der Waals surface area (Å²) in [5.74, 6) is -0.943. The number of aliphatic carboxylic acids is 1. The molecule has 0 radical (unpaired) electrons. The molecule has 1 saturated heterocycles. The summed E-state index contributed by atoms with van der Waals surface area (Å²) < 4.78 is 5.53. The molecule has 2 heterocycles. The summed E-state index contributed by atoms with van der Waals surface area (Å²) in [4.78, 5) is 43.0. The molecule has 0 aliphatic carbocycles. The van der Waals surface area contributed by atoms with Crippen LogP contribution >= 0.6 is 11.3 Å². The molecule has 2 aromatic carbocycles. The maximum atomic E-state index is 13.0. The highest BCUT2D eigenvalue weighted by molar-refractivity contribution is 7.11. The maximum absolute atomic E-state index is 13.0. The van der Waals surface area contributed by atoms with Crippen LogP contribution in [0.4, 0.5) is 16.2 Å². The Morgan fingerprint density at radius 2 is 1.91 bits per heavy atom. The minimum absolute atomic E-state index is 0.0455. The number of aromatic nitrogens is 1. The van der Waals surface area contributed by atoms with Crippen LogP contribution in [0.3, 0.4) is 0 Å². The number of hydrogen-bond acceptors (Lipinski definition) is 6. The van der Waals surface area contributed by atoms with Gasteiger partial charge in [0.15, 0.2) is 0 Å². The number of carboxylic acids is 1. The van der Waals surface area contributed by atoms with Crippen molar-refractivity contribution in [3.63, 3.8) is 0 Å². The molecule has 10 heteroatoms. The Kier molecular flexibility index (Phi) is 7.74. The SMILES string of the molecule is Cc1ccccc1NC(=O)Nc1ccc(CC(=O)N2COCC2c2ncc(CCC(=O)O)s2)cc1. The Morgan fingerprint density at radius 3 is 2.66 bits per heavy atom. The molecule has 1 atom stereocenters. The number of hydrogen-bond donors (Lipinski definition) is 3. The van der Waals surface area contributed by atoms with E-state index in [-0.39, 0.29) is 37.6 Å². The number of nitrogens with one attached hydrogen (secondary N) is 2. The minimum Gasteiger partial charge on any atom is -0.481 e. The number of carbonyl (C=O) groups excluding carboxylic acids is 2. The zero-order valence-corrected chi connectivity index (χ0v) is 20.0. The number of carbonyl (C=O) groups is 3. The molecule has 182 valence electrons. The van der Waals surface area contributed by atoms with E-state index in [1.165, 1.54) is 11.3 Å². The van der Waals surface area contributed by atoms with Gasteiger partial charge in [0, 0.05) is 22.4 Å². The number of para-hydroxylation sites is 1. The van der Waals surface area contributed by atoms with Crippen molar-refractivity contribution in [1.29, 1.82) is 0 Å². The fourth-order valence-electron chi connectivity index (χ4n) is 3.70. The van der Waals surface area contributed by atoms with Crippen molar-refractivity contribution in [1.82, 2.24) is 9.88 Å². The van der Waals surface area contributed by atoms with Gasteiger partial charge in [0.05, 0.1) is 19.4 Å². The summed E-state index contributed by atoms with van der Waals surface area (Å²) in [6.07, 6.45) is 2.32. The second-order valence-corrected chi connectivity index (χ2v) is 9.35. The van der Waals surface area contributed by atoms with E-state index < -0.39 is 5.97 Å². The quantitative estimate of drug-likeness (QED) is 0.431. The van der Waals surface area contributed by atoms with Crippen LogP contribution in [-0.2, 0) is 27.2 Å². The molecule has 1 aromatic heterocycles. The van der Waals surface area contributed by atoms with Gasteiger partial charge in [-0.25, -0.2) is 9.78 Å². The van der Waals surface area contributed by atoms with Gasteiger partial charge in [-0.2, -0.15) is 0 Å². The Hall–Kier alpha value is -3.76. The number of aryl methyl sites for hydroxylation is 2. The molecule has 3 amide bonds. The number of ether oxygens (including phenoxy) is 1. The molecule has 1 aliphatic rings. The van der Waals surface area contributed by atoms with E-state index in [1.807, 2.05) is 31.2 Å². The van der Waals surface area contributed by atoms with E-state index in [9.17, 15) is 14.4 Å². The standard InChI is InChI=1S/C25H26N4O5S/c1-16-4-2-3-5-20(16)28-25(33)27-18-8-6-17(7-9-18)12-22(30)29-15-34-14-21(29)24-26-13-19(35-24)10-11-23(31)32/h2-9,13,21H,10-12,14-15H2,1H3,(H,31,32)(H2,27,28,33). The molecule has 4 rings (SSSR count). The van der Waals surface area contributed by atoms with Crippen LogP contribution in [0.2, 0.25) is 0 Å². The molecule has 9 nitrogen and oxygen atoms in total. The van der Waals surface area contributed by atoms with Crippen molar-refractivity contribution in [2.45, 2.75) is 32.2 Å². The number of carboxylic acid groups (broad SMARTS) is 1. The smallest absolute Gasteiger partial charge is 0.323 e. The van der Waals surface area contributed by atoms with Crippen molar-refractivity contribution in [2.75, 3.05) is 24.0 Å². The predicted molar refractivity (Wildman–Crippen MR) is 132 cm³/mol. The molecule has 1 unspecified atom stereocenters. The van der Waals surface area contributed by atoms with E-state index in [0.717, 1.165) is 26.7 Å². The maximum Gasteiger partial charge on any atom is 0.323 e. The summed E-state index contributed by atoms with van der Waals surface area (Å²) in [7, 11) is 0. The highest BCUT2D eigenvalue weighted by atomic mass is 32.1. The van der Waals surface area contributed by atoms with E-state index in [2.05, 4.69) is 15.6 Å². The largest absolute Gasteiger partial charge is 0.481 e. The van der Waals surface area contributed by atoms with Crippen molar-refractivity contribution in [3.8, 4) is 0 Å². The number of benzene rings is 2. The molecular formula is C25H26N4O5S. The zero-order chi connectivity index (χ0) is 24.8. The molecule has 0 bridgehead atoms. The van der Waals surface area contributed by atoms with E-state index in [1.54, 1.807) is 35.4 Å². The molecule has 1 fully saturated rings. The lowest BCUT2D eigenvalue weighted by atomic mass is 10.1. The summed E-state index contributed by atoms with van der Waals surface area (Å²) in [6, 6.07) is 14.0. The summed E-state index contributed by atoms with van der Waals surface area (Å²) >= 11 is 1.41. The molecule has 3 N–H and O–H groups in total. The first-order valence-electron chi connectivity index (χ1n) is 11.1. The van der Waals surface area contributed by atoms with Gasteiger partial charge in [-0.1, -0.05) is 30.3 Å². The lowest BCUT2D eigenvalue weighted by Crippen LogP contribution is -2.32. The second-order valence-electron chi connectivity index (χ2n) is 8.21. The van der Waals surface area contributed by atoms with Crippen LogP contribution in [0, 0.1) is 6.92 Å². The summed E-state index contributed by atoms with van der Waals surface area (Å²) in [5.41, 5.74) is 3.14. The third-order valence-corrected chi connectivity index (χ3v) is 6.76. The predicted octanol–water partition coefficient (Wildman–Crippen LogP) is 4.21. The molecular weight excluding hydrogens is 468 g/mol. The Labute approximate surface area is 206 Å². The molecule has 1 aliphatic heterocycles. The number of rotatable bonds is 8. The monoisotopic (exact) mass is 494 g/mol. The van der Waals surface area contributed by atoms with Gasteiger partial charge >= 0.3 is 12.0 Å². The third-order valence-electron chi connectivity index (χ3n) is 5.60. The van der Waals surface area contributed by atoms with Crippen molar-refractivity contribution >= 4 is 40.6 Å². The van der Waals surface area contributed by atoms with Crippen molar-refractivity contribution in [3.05, 3.63) is 75.7 Å². The highest BCUT2D eigenvalue weighted by Crippen LogP contribution is 2.30. The number of amides is 3. The van der Waals surface area contributed by atoms with E-state index in [0.29, 0.717) is 18.7 Å². The lowest BCUT2D eigenvalue weighted by molar-refractivity contribution is -0.137. The van der Waals surface area contributed by atoms with Gasteiger partial charge in [0.2, 0.25) is 5.91 Å². The highest BCUT2D eigenvalue weighted by Gasteiger charge is 2.32. The number of anilines is 2. The van der Waals surface area contributed by atoms with E-state index >= 15 is 0 Å². The first kappa shape index (κ1) is 24.4. The van der Waals surface area contributed by atoms with Gasteiger partial charge in [0.1, 0.15) is 17.8 Å². The zero-order valence-electron chi connectivity index (χ0n) is 19.2. The fraction of sp³-hybridized carbons (Fsp3) is 0.280. The lowest BCUT2D eigenvalue weighted by Gasteiger charge is -2.21. The third kappa shape index (κ3) is 6.43. The Bertz CT molecular complexity index is 1210. The van der Waals surface area contributed by atoms with Crippen LogP contribution in [0.1, 0.15) is 33.5 Å². The van der Waals surface area contributed by atoms with Gasteiger partial charge in [-0.15, -0.1) is 11.3 Å². The second kappa shape index (κ2) is 11.1. The minimum atomic E-state index is -0.853. The molecule has 0 saturated carbocycles. The van der Waals surface area contributed by atoms with Crippen LogP contribution in [0.5, 0.6) is 0 Å². The fourth-order valence-corrected chi connectivity index (χ4v) is 4.71. The topological polar surface area (TPSA) is 121 Å². The van der Waals surface area contributed by atoms with Crippen LogP contribution < -0.4 is 10.6 Å². The van der Waals surface area contributed by atoms with E-state index in [4.69, 9.17) is 9.84 Å². The molecule has 3 aromatic rings. The average molecular weight is 495 g/mol. The first-order chi connectivity index (χ1) is 16.9. The van der Waals surface area contributed by atoms with Gasteiger partial charge in [-0.3, -0.25) is 9.59 Å². The molecule has 0 spiro atoms. The van der Waals surface area contributed by atoms with Crippen molar-refractivity contribution in [2.24, 2.45) is 0 Å².